The number of benzene rings is 2. The summed E-state index contributed by atoms with van der Waals surface area (Å²) in [6.45, 7) is 1.85. The Hall–Kier alpha value is -4.18. The van der Waals surface area contributed by atoms with Crippen molar-refractivity contribution in [2.75, 3.05) is 13.1 Å². The molecule has 1 unspecified atom stereocenters. The second-order valence-electron chi connectivity index (χ2n) is 8.68. The minimum absolute atomic E-state index is 0.0437. The third-order valence-electron chi connectivity index (χ3n) is 6.27. The Morgan fingerprint density at radius 1 is 1.09 bits per heavy atom. The number of halogens is 1. The summed E-state index contributed by atoms with van der Waals surface area (Å²) < 4.78 is 21.9. The fourth-order valence-electron chi connectivity index (χ4n) is 4.46. The molecule has 0 N–H and O–H groups in total. The van der Waals surface area contributed by atoms with Gasteiger partial charge in [0.25, 0.3) is 5.56 Å². The van der Waals surface area contributed by atoms with E-state index in [2.05, 4.69) is 25.2 Å². The van der Waals surface area contributed by atoms with E-state index in [-0.39, 0.29) is 17.3 Å². The smallest absolute Gasteiger partial charge is 0.296 e. The van der Waals surface area contributed by atoms with Crippen LogP contribution in [0.15, 0.2) is 76.3 Å². The molecular formula is C25H22FN7O2. The molecule has 5 aromatic rings. The van der Waals surface area contributed by atoms with Crippen molar-refractivity contribution in [1.82, 2.24) is 34.6 Å². The molecule has 0 bridgehead atoms. The number of rotatable bonds is 5. The lowest BCUT2D eigenvalue weighted by molar-refractivity contribution is 0.142. The fraction of sp³-hybridized carbons (Fsp3) is 0.240. The molecule has 3 aromatic heterocycles. The summed E-state index contributed by atoms with van der Waals surface area (Å²) in [4.78, 5) is 19.8. The number of nitrogens with zero attached hydrogens (tertiary/aromatic N) is 7. The summed E-state index contributed by atoms with van der Waals surface area (Å²) in [7, 11) is 0. The molecule has 10 heteroatoms. The molecule has 1 saturated heterocycles. The number of piperidine rings is 1. The Morgan fingerprint density at radius 2 is 1.91 bits per heavy atom. The molecule has 0 radical (unpaired) electrons. The second kappa shape index (κ2) is 8.88. The van der Waals surface area contributed by atoms with E-state index >= 15 is 0 Å². The number of likely N-dealkylation sites (tertiary alicyclic amines) is 1. The van der Waals surface area contributed by atoms with Crippen molar-refractivity contribution in [3.05, 3.63) is 89.1 Å². The maximum absolute atomic E-state index is 13.2. The van der Waals surface area contributed by atoms with Gasteiger partial charge in [0.1, 0.15) is 5.82 Å². The number of para-hydroxylation sites is 1. The topological polar surface area (TPSA) is 94.9 Å². The predicted octanol–water partition coefficient (Wildman–Crippen LogP) is 3.61. The number of hydrogen-bond acceptors (Lipinski definition) is 7. The maximum atomic E-state index is 13.2. The highest BCUT2D eigenvalue weighted by molar-refractivity contribution is 5.76. The molecule has 1 aliphatic heterocycles. The molecule has 1 fully saturated rings. The molecule has 35 heavy (non-hydrogen) atoms. The lowest BCUT2D eigenvalue weighted by Crippen LogP contribution is -2.39. The van der Waals surface area contributed by atoms with Gasteiger partial charge < -0.3 is 4.52 Å². The summed E-state index contributed by atoms with van der Waals surface area (Å²) >= 11 is 0. The van der Waals surface area contributed by atoms with Gasteiger partial charge in [-0.15, -0.1) is 0 Å². The molecule has 9 nitrogen and oxygen atoms in total. The lowest BCUT2D eigenvalue weighted by Gasteiger charge is -2.30. The van der Waals surface area contributed by atoms with Crippen LogP contribution in [0, 0.1) is 5.82 Å². The van der Waals surface area contributed by atoms with E-state index in [0.29, 0.717) is 41.4 Å². The molecule has 0 spiro atoms. The van der Waals surface area contributed by atoms with Gasteiger partial charge in [-0.1, -0.05) is 23.4 Å². The van der Waals surface area contributed by atoms with E-state index in [9.17, 15) is 9.18 Å². The first-order chi connectivity index (χ1) is 17.1. The van der Waals surface area contributed by atoms with Crippen molar-refractivity contribution in [2.45, 2.75) is 25.4 Å². The Morgan fingerprint density at radius 3 is 2.74 bits per heavy atom. The number of aromatic nitrogens is 6. The first kappa shape index (κ1) is 21.4. The summed E-state index contributed by atoms with van der Waals surface area (Å²) in [6.07, 6.45) is 5.33. The van der Waals surface area contributed by atoms with E-state index in [1.165, 1.54) is 16.8 Å². The Bertz CT molecular complexity index is 1530. The molecule has 0 amide bonds. The van der Waals surface area contributed by atoms with Crippen LogP contribution in [0.1, 0.15) is 24.7 Å². The molecule has 176 valence electrons. The van der Waals surface area contributed by atoms with Gasteiger partial charge in [-0.05, 0) is 55.8 Å². The highest BCUT2D eigenvalue weighted by Gasteiger charge is 2.27. The van der Waals surface area contributed by atoms with Crippen LogP contribution < -0.4 is 5.56 Å². The van der Waals surface area contributed by atoms with Crippen molar-refractivity contribution in [3.8, 4) is 17.1 Å². The van der Waals surface area contributed by atoms with Crippen LogP contribution in [0.25, 0.3) is 28.0 Å². The van der Waals surface area contributed by atoms with Crippen molar-refractivity contribution in [2.24, 2.45) is 0 Å². The minimum Gasteiger partial charge on any atom is -0.339 e. The monoisotopic (exact) mass is 471 g/mol. The van der Waals surface area contributed by atoms with Gasteiger partial charge in [0.15, 0.2) is 5.52 Å². The van der Waals surface area contributed by atoms with Crippen LogP contribution in [-0.4, -0.2) is 47.7 Å². The normalized spacial score (nSPS) is 16.7. The van der Waals surface area contributed by atoms with E-state index in [1.54, 1.807) is 23.0 Å². The maximum Gasteiger partial charge on any atom is 0.296 e. The number of fused-ring (bicyclic) bond motifs is 1. The second-order valence-corrected chi connectivity index (χ2v) is 8.68. The minimum atomic E-state index is -0.311. The highest BCUT2D eigenvalue weighted by Crippen LogP contribution is 2.28. The largest absolute Gasteiger partial charge is 0.339 e. The van der Waals surface area contributed by atoms with Crippen LogP contribution in [0.4, 0.5) is 4.39 Å². The molecule has 4 heterocycles. The third-order valence-corrected chi connectivity index (χ3v) is 6.27. The van der Waals surface area contributed by atoms with Crippen LogP contribution in [-0.2, 0) is 6.67 Å². The molecule has 1 atom stereocenters. The van der Waals surface area contributed by atoms with Gasteiger partial charge in [0.05, 0.1) is 24.5 Å². The van der Waals surface area contributed by atoms with Gasteiger partial charge >= 0.3 is 0 Å². The van der Waals surface area contributed by atoms with E-state index in [0.717, 1.165) is 25.1 Å². The van der Waals surface area contributed by atoms with Crippen molar-refractivity contribution in [1.29, 1.82) is 0 Å². The predicted molar refractivity (Wildman–Crippen MR) is 126 cm³/mol. The Balaban J connectivity index is 1.20. The van der Waals surface area contributed by atoms with E-state index in [4.69, 9.17) is 4.52 Å². The van der Waals surface area contributed by atoms with E-state index < -0.39 is 0 Å². The van der Waals surface area contributed by atoms with Crippen LogP contribution >= 0.6 is 0 Å². The first-order valence-corrected chi connectivity index (χ1v) is 11.5. The van der Waals surface area contributed by atoms with Gasteiger partial charge in [-0.3, -0.25) is 9.69 Å². The van der Waals surface area contributed by atoms with Crippen LogP contribution in [0.2, 0.25) is 0 Å². The molecule has 1 aliphatic rings. The quantitative estimate of drug-likeness (QED) is 0.386. The Kier molecular flexibility index (Phi) is 5.42. The zero-order valence-electron chi connectivity index (χ0n) is 18.8. The molecule has 0 saturated carbocycles. The van der Waals surface area contributed by atoms with Gasteiger partial charge in [-0.25, -0.2) is 13.8 Å². The van der Waals surface area contributed by atoms with Crippen molar-refractivity contribution >= 4 is 10.9 Å². The van der Waals surface area contributed by atoms with Gasteiger partial charge in [0, 0.05) is 23.7 Å². The van der Waals surface area contributed by atoms with Crippen LogP contribution in [0.5, 0.6) is 0 Å². The molecular weight excluding hydrogens is 449 g/mol. The highest BCUT2D eigenvalue weighted by atomic mass is 19.1. The lowest BCUT2D eigenvalue weighted by atomic mass is 9.98. The standard InChI is InChI=1S/C25H22FN7O2/c26-20-10-8-17(9-11-20)23-28-24(35-30-23)18-5-4-12-31(14-18)16-33-25(34)22-19(13-27-33)15-32(29-22)21-6-2-1-3-7-21/h1-3,6-11,13,15,18H,4-5,12,14,16H2. The molecule has 0 aliphatic carbocycles. The van der Waals surface area contributed by atoms with Crippen molar-refractivity contribution in [3.63, 3.8) is 0 Å². The fourth-order valence-corrected chi connectivity index (χ4v) is 4.46. The van der Waals surface area contributed by atoms with E-state index in [1.807, 2.05) is 36.5 Å². The Labute approximate surface area is 199 Å². The zero-order chi connectivity index (χ0) is 23.8. The zero-order valence-corrected chi connectivity index (χ0v) is 18.8. The van der Waals surface area contributed by atoms with Gasteiger partial charge in [-0.2, -0.15) is 15.2 Å². The van der Waals surface area contributed by atoms with Crippen LogP contribution in [0.3, 0.4) is 0 Å². The molecule has 2 aromatic carbocycles. The molecule has 6 rings (SSSR count). The van der Waals surface area contributed by atoms with Gasteiger partial charge in [0.2, 0.25) is 11.7 Å². The van der Waals surface area contributed by atoms with Crippen molar-refractivity contribution < 1.29 is 8.91 Å². The third kappa shape index (κ3) is 4.24. The average Bonchev–Trinajstić information content (AvgIpc) is 3.56. The average molecular weight is 471 g/mol. The summed E-state index contributed by atoms with van der Waals surface area (Å²) in [6, 6.07) is 15.7. The summed E-state index contributed by atoms with van der Waals surface area (Å²) in [5, 5.41) is 13.7. The summed E-state index contributed by atoms with van der Waals surface area (Å²) in [5.74, 6) is 0.720. The SMILES string of the molecule is O=c1c2nn(-c3ccccc3)cc2cnn1CN1CCCC(c2nc(-c3ccc(F)cc3)no2)C1. The number of hydrogen-bond donors (Lipinski definition) is 0. The summed E-state index contributed by atoms with van der Waals surface area (Å²) in [5.41, 5.74) is 1.75. The first-order valence-electron chi connectivity index (χ1n) is 11.5.